The lowest BCUT2D eigenvalue weighted by molar-refractivity contribution is 0.310. The molecule has 0 fully saturated rings. The van der Waals surface area contributed by atoms with Gasteiger partial charge in [0.2, 0.25) is 10.0 Å². The second-order valence-corrected chi connectivity index (χ2v) is 7.56. The molecule has 4 nitrogen and oxygen atoms in total. The SMILES string of the molecule is CN(CC(C)(C)C)S(=O)(=O)c1cccc(F)c1C#N. The van der Waals surface area contributed by atoms with E-state index in [4.69, 9.17) is 5.26 Å². The monoisotopic (exact) mass is 284 g/mol. The van der Waals surface area contributed by atoms with Crippen LogP contribution in [0.15, 0.2) is 23.1 Å². The van der Waals surface area contributed by atoms with Crippen LogP contribution in [0.4, 0.5) is 4.39 Å². The Labute approximate surface area is 113 Å². The molecule has 0 saturated heterocycles. The maximum Gasteiger partial charge on any atom is 0.244 e. The summed E-state index contributed by atoms with van der Waals surface area (Å²) in [7, 11) is -2.44. The van der Waals surface area contributed by atoms with Crippen molar-refractivity contribution in [3.05, 3.63) is 29.6 Å². The van der Waals surface area contributed by atoms with Crippen LogP contribution in [-0.4, -0.2) is 26.3 Å². The summed E-state index contributed by atoms with van der Waals surface area (Å²) in [5, 5.41) is 8.90. The molecule has 1 aromatic rings. The van der Waals surface area contributed by atoms with Crippen LogP contribution in [0.2, 0.25) is 0 Å². The first-order valence-corrected chi connectivity index (χ1v) is 7.18. The highest BCUT2D eigenvalue weighted by Gasteiger charge is 2.28. The van der Waals surface area contributed by atoms with Gasteiger partial charge in [-0.25, -0.2) is 17.1 Å². The van der Waals surface area contributed by atoms with Gasteiger partial charge < -0.3 is 0 Å². The van der Waals surface area contributed by atoms with E-state index in [-0.39, 0.29) is 16.9 Å². The Bertz CT molecular complexity index is 613. The van der Waals surface area contributed by atoms with Gasteiger partial charge in [-0.2, -0.15) is 5.26 Å². The summed E-state index contributed by atoms with van der Waals surface area (Å²) in [5.74, 6) is -0.826. The molecule has 0 bridgehead atoms. The minimum atomic E-state index is -3.87. The molecule has 0 saturated carbocycles. The first kappa shape index (κ1) is 15.6. The van der Waals surface area contributed by atoms with Gasteiger partial charge in [-0.3, -0.25) is 0 Å². The summed E-state index contributed by atoms with van der Waals surface area (Å²) in [6.07, 6.45) is 0. The quantitative estimate of drug-likeness (QED) is 0.856. The lowest BCUT2D eigenvalue weighted by Gasteiger charge is -2.26. The van der Waals surface area contributed by atoms with Crippen molar-refractivity contribution < 1.29 is 12.8 Å². The minimum absolute atomic E-state index is 0.234. The van der Waals surface area contributed by atoms with Crippen molar-refractivity contribution in [3.8, 4) is 6.07 Å². The zero-order chi connectivity index (χ0) is 14.8. The number of hydrogen-bond donors (Lipinski definition) is 0. The highest BCUT2D eigenvalue weighted by Crippen LogP contribution is 2.24. The first-order chi connectivity index (χ1) is 8.59. The molecule has 0 heterocycles. The first-order valence-electron chi connectivity index (χ1n) is 5.74. The fraction of sp³-hybridized carbons (Fsp3) is 0.462. The molecule has 0 atom stereocenters. The van der Waals surface area contributed by atoms with E-state index in [0.29, 0.717) is 0 Å². The van der Waals surface area contributed by atoms with Gasteiger partial charge in [0.05, 0.1) is 0 Å². The van der Waals surface area contributed by atoms with Gasteiger partial charge in [-0.05, 0) is 17.5 Å². The second-order valence-electron chi connectivity index (χ2n) is 5.55. The van der Waals surface area contributed by atoms with E-state index in [2.05, 4.69) is 0 Å². The molecule has 0 aliphatic carbocycles. The Morgan fingerprint density at radius 2 is 1.95 bits per heavy atom. The van der Waals surface area contributed by atoms with Crippen molar-refractivity contribution in [2.45, 2.75) is 25.7 Å². The smallest absolute Gasteiger partial charge is 0.207 e. The molecule has 0 unspecified atom stereocenters. The fourth-order valence-electron chi connectivity index (χ4n) is 1.75. The third kappa shape index (κ3) is 3.52. The fourth-order valence-corrected chi connectivity index (χ4v) is 3.29. The molecular weight excluding hydrogens is 267 g/mol. The zero-order valence-corrected chi connectivity index (χ0v) is 12.3. The van der Waals surface area contributed by atoms with Crippen LogP contribution in [0, 0.1) is 22.6 Å². The Hall–Kier alpha value is -1.45. The number of rotatable bonds is 3. The van der Waals surface area contributed by atoms with Crippen molar-refractivity contribution in [2.75, 3.05) is 13.6 Å². The van der Waals surface area contributed by atoms with Crippen LogP contribution in [0.5, 0.6) is 0 Å². The summed E-state index contributed by atoms with van der Waals surface area (Å²) in [4.78, 5) is -0.290. The lowest BCUT2D eigenvalue weighted by Crippen LogP contribution is -2.35. The van der Waals surface area contributed by atoms with Gasteiger partial charge in [0.25, 0.3) is 0 Å². The normalized spacial score (nSPS) is 12.5. The van der Waals surface area contributed by atoms with Gasteiger partial charge in [0.1, 0.15) is 22.3 Å². The van der Waals surface area contributed by atoms with E-state index >= 15 is 0 Å². The molecule has 6 heteroatoms. The zero-order valence-electron chi connectivity index (χ0n) is 11.4. The number of sulfonamides is 1. The van der Waals surface area contributed by atoms with Crippen molar-refractivity contribution >= 4 is 10.0 Å². The van der Waals surface area contributed by atoms with Crippen molar-refractivity contribution in [2.24, 2.45) is 5.41 Å². The highest BCUT2D eigenvalue weighted by molar-refractivity contribution is 7.89. The Kier molecular flexibility index (Phi) is 4.33. The van der Waals surface area contributed by atoms with Crippen molar-refractivity contribution in [3.63, 3.8) is 0 Å². The molecule has 104 valence electrons. The molecule has 0 radical (unpaired) electrons. The summed E-state index contributed by atoms with van der Waals surface area (Å²) in [6.45, 7) is 5.97. The molecule has 1 rings (SSSR count). The predicted molar refractivity (Wildman–Crippen MR) is 70.4 cm³/mol. The number of benzene rings is 1. The molecular formula is C13H17FN2O2S. The molecule has 0 amide bonds. The van der Waals surface area contributed by atoms with Gasteiger partial charge in [0.15, 0.2) is 0 Å². The van der Waals surface area contributed by atoms with Crippen LogP contribution in [-0.2, 0) is 10.0 Å². The standard InChI is InChI=1S/C13H17FN2O2S/c1-13(2,3)9-16(4)19(17,18)12-7-5-6-11(14)10(12)8-15/h5-7H,9H2,1-4H3. The van der Waals surface area contributed by atoms with Crippen LogP contribution in [0.1, 0.15) is 26.3 Å². The molecule has 0 N–H and O–H groups in total. The summed E-state index contributed by atoms with van der Waals surface area (Å²) in [5.41, 5.74) is -0.676. The third-order valence-corrected chi connectivity index (χ3v) is 4.32. The summed E-state index contributed by atoms with van der Waals surface area (Å²) in [6, 6.07) is 5.21. The van der Waals surface area contributed by atoms with Crippen LogP contribution in [0.25, 0.3) is 0 Å². The third-order valence-electron chi connectivity index (χ3n) is 2.47. The minimum Gasteiger partial charge on any atom is -0.207 e. The Morgan fingerprint density at radius 1 is 1.37 bits per heavy atom. The van der Waals surface area contributed by atoms with E-state index in [1.54, 1.807) is 6.07 Å². The largest absolute Gasteiger partial charge is 0.244 e. The van der Waals surface area contributed by atoms with Crippen LogP contribution >= 0.6 is 0 Å². The highest BCUT2D eigenvalue weighted by atomic mass is 32.2. The van der Waals surface area contributed by atoms with Crippen molar-refractivity contribution in [1.29, 1.82) is 5.26 Å². The number of halogens is 1. The van der Waals surface area contributed by atoms with Crippen LogP contribution < -0.4 is 0 Å². The maximum absolute atomic E-state index is 13.5. The Morgan fingerprint density at radius 3 is 2.42 bits per heavy atom. The lowest BCUT2D eigenvalue weighted by atomic mass is 9.97. The summed E-state index contributed by atoms with van der Waals surface area (Å²) < 4.78 is 39.3. The summed E-state index contributed by atoms with van der Waals surface area (Å²) >= 11 is 0. The average Bonchev–Trinajstić information content (AvgIpc) is 2.26. The molecule has 0 aliphatic rings. The maximum atomic E-state index is 13.5. The molecule has 1 aromatic carbocycles. The second kappa shape index (κ2) is 5.27. The Balaban J connectivity index is 3.30. The molecule has 0 aromatic heterocycles. The van der Waals surface area contributed by atoms with E-state index in [9.17, 15) is 12.8 Å². The molecule has 0 spiro atoms. The van der Waals surface area contributed by atoms with E-state index in [1.807, 2.05) is 20.8 Å². The van der Waals surface area contributed by atoms with Gasteiger partial charge >= 0.3 is 0 Å². The van der Waals surface area contributed by atoms with E-state index in [1.165, 1.54) is 19.2 Å². The number of hydrogen-bond acceptors (Lipinski definition) is 3. The molecule has 0 aliphatic heterocycles. The van der Waals surface area contributed by atoms with Gasteiger partial charge in [-0.15, -0.1) is 0 Å². The molecule has 19 heavy (non-hydrogen) atoms. The topological polar surface area (TPSA) is 61.2 Å². The number of nitriles is 1. The van der Waals surface area contributed by atoms with Crippen LogP contribution in [0.3, 0.4) is 0 Å². The van der Waals surface area contributed by atoms with E-state index < -0.39 is 21.4 Å². The average molecular weight is 284 g/mol. The number of nitrogens with zero attached hydrogens (tertiary/aromatic N) is 2. The predicted octanol–water partition coefficient (Wildman–Crippen LogP) is 2.36. The van der Waals surface area contributed by atoms with Gasteiger partial charge in [-0.1, -0.05) is 26.8 Å². The van der Waals surface area contributed by atoms with Gasteiger partial charge in [0, 0.05) is 13.6 Å². The van der Waals surface area contributed by atoms with E-state index in [0.717, 1.165) is 10.4 Å². The van der Waals surface area contributed by atoms with Crippen molar-refractivity contribution in [1.82, 2.24) is 4.31 Å².